The summed E-state index contributed by atoms with van der Waals surface area (Å²) in [5.41, 5.74) is 1.07. The molecular weight excluding hydrogens is 244 g/mol. The highest BCUT2D eigenvalue weighted by Gasteiger charge is 2.37. The minimum Gasteiger partial charge on any atom is -0.371 e. The van der Waals surface area contributed by atoms with Crippen LogP contribution in [0.4, 0.5) is 0 Å². The largest absolute Gasteiger partial charge is 0.371 e. The maximum absolute atomic E-state index is 5.87. The van der Waals surface area contributed by atoms with E-state index in [1.165, 1.54) is 29.1 Å². The molecule has 0 aromatic carbocycles. The first-order valence-electron chi connectivity index (χ1n) is 6.94. The summed E-state index contributed by atoms with van der Waals surface area (Å²) in [5, 5.41) is 4.57. The molecular formula is C14H24N2OS. The number of hydrogen-bond donors (Lipinski definition) is 1. The number of thiazole rings is 1. The number of nitrogens with one attached hydrogen (secondary N) is 1. The highest BCUT2D eigenvalue weighted by Crippen LogP contribution is 2.42. The Morgan fingerprint density at radius 1 is 1.33 bits per heavy atom. The van der Waals surface area contributed by atoms with Crippen molar-refractivity contribution >= 4 is 11.3 Å². The van der Waals surface area contributed by atoms with Crippen LogP contribution in [0.25, 0.3) is 0 Å². The van der Waals surface area contributed by atoms with Crippen molar-refractivity contribution in [1.29, 1.82) is 0 Å². The maximum Gasteiger partial charge on any atom is 0.125 e. The first-order valence-corrected chi connectivity index (χ1v) is 7.76. The van der Waals surface area contributed by atoms with Crippen LogP contribution in [0.3, 0.4) is 0 Å². The normalized spacial score (nSPS) is 19.1. The summed E-state index contributed by atoms with van der Waals surface area (Å²) in [6.45, 7) is 6.18. The maximum atomic E-state index is 5.87. The monoisotopic (exact) mass is 268 g/mol. The van der Waals surface area contributed by atoms with Crippen molar-refractivity contribution in [3.8, 4) is 0 Å². The topological polar surface area (TPSA) is 34.1 Å². The Balaban J connectivity index is 2.20. The Labute approximate surface area is 114 Å². The van der Waals surface area contributed by atoms with Crippen molar-refractivity contribution in [2.45, 2.75) is 58.1 Å². The average molecular weight is 268 g/mol. The summed E-state index contributed by atoms with van der Waals surface area (Å²) < 4.78 is 5.87. The molecule has 1 aliphatic rings. The molecule has 0 aliphatic heterocycles. The molecule has 0 unspecified atom stereocenters. The first kappa shape index (κ1) is 14.0. The van der Waals surface area contributed by atoms with Gasteiger partial charge in [-0.2, -0.15) is 0 Å². The number of aromatic nitrogens is 1. The van der Waals surface area contributed by atoms with E-state index in [-0.39, 0.29) is 5.60 Å². The van der Waals surface area contributed by atoms with Crippen LogP contribution in [0.1, 0.15) is 54.6 Å². The van der Waals surface area contributed by atoms with Gasteiger partial charge in [0.25, 0.3) is 0 Å². The standard InChI is InChI=1S/C14H24N2OS/c1-4-15-10-12-11(2)16-13(18-12)14(17-3)8-6-5-7-9-14/h15H,4-10H2,1-3H3. The summed E-state index contributed by atoms with van der Waals surface area (Å²) >= 11 is 1.83. The molecule has 3 nitrogen and oxygen atoms in total. The molecule has 0 atom stereocenters. The van der Waals surface area contributed by atoms with E-state index in [1.807, 2.05) is 18.4 Å². The van der Waals surface area contributed by atoms with Gasteiger partial charge < -0.3 is 10.1 Å². The second-order valence-corrected chi connectivity index (χ2v) is 6.15. The number of nitrogens with zero attached hydrogens (tertiary/aromatic N) is 1. The Morgan fingerprint density at radius 2 is 2.06 bits per heavy atom. The van der Waals surface area contributed by atoms with E-state index >= 15 is 0 Å². The first-order chi connectivity index (χ1) is 8.72. The minimum absolute atomic E-state index is 0.0991. The van der Waals surface area contributed by atoms with Gasteiger partial charge in [-0.15, -0.1) is 11.3 Å². The van der Waals surface area contributed by atoms with Gasteiger partial charge in [0.15, 0.2) is 0 Å². The lowest BCUT2D eigenvalue weighted by molar-refractivity contribution is -0.0446. The molecule has 1 N–H and O–H groups in total. The average Bonchev–Trinajstić information content (AvgIpc) is 2.79. The molecule has 4 heteroatoms. The van der Waals surface area contributed by atoms with Crippen LogP contribution in [-0.2, 0) is 16.9 Å². The fraction of sp³-hybridized carbons (Fsp3) is 0.786. The van der Waals surface area contributed by atoms with Crippen LogP contribution in [0.15, 0.2) is 0 Å². The van der Waals surface area contributed by atoms with Gasteiger partial charge in [0.1, 0.15) is 10.6 Å². The Bertz CT molecular complexity index is 383. The molecule has 0 saturated heterocycles. The molecule has 1 aromatic heterocycles. The molecule has 2 rings (SSSR count). The number of ether oxygens (including phenoxy) is 1. The van der Waals surface area contributed by atoms with Crippen LogP contribution < -0.4 is 5.32 Å². The van der Waals surface area contributed by atoms with Gasteiger partial charge >= 0.3 is 0 Å². The number of hydrogen-bond acceptors (Lipinski definition) is 4. The van der Waals surface area contributed by atoms with E-state index in [1.54, 1.807) is 0 Å². The molecule has 1 fully saturated rings. The van der Waals surface area contributed by atoms with Crippen LogP contribution in [-0.4, -0.2) is 18.6 Å². The summed E-state index contributed by atoms with van der Waals surface area (Å²) in [4.78, 5) is 6.14. The number of aryl methyl sites for hydroxylation is 1. The Morgan fingerprint density at radius 3 is 2.67 bits per heavy atom. The molecule has 1 aliphatic carbocycles. The summed E-state index contributed by atoms with van der Waals surface area (Å²) in [6, 6.07) is 0. The van der Waals surface area contributed by atoms with Crippen molar-refractivity contribution in [1.82, 2.24) is 10.3 Å². The molecule has 102 valence electrons. The molecule has 0 spiro atoms. The lowest BCUT2D eigenvalue weighted by atomic mass is 9.85. The van der Waals surface area contributed by atoms with E-state index < -0.39 is 0 Å². The number of methoxy groups -OCH3 is 1. The van der Waals surface area contributed by atoms with Crippen molar-refractivity contribution in [2.24, 2.45) is 0 Å². The lowest BCUT2D eigenvalue weighted by Gasteiger charge is -2.34. The lowest BCUT2D eigenvalue weighted by Crippen LogP contribution is -2.30. The summed E-state index contributed by atoms with van der Waals surface area (Å²) in [6.07, 6.45) is 6.10. The molecule has 1 heterocycles. The Hall–Kier alpha value is -0.450. The van der Waals surface area contributed by atoms with E-state index in [2.05, 4.69) is 19.2 Å². The van der Waals surface area contributed by atoms with Crippen LogP contribution in [0, 0.1) is 6.92 Å². The van der Waals surface area contributed by atoms with Gasteiger partial charge in [-0.3, -0.25) is 0 Å². The highest BCUT2D eigenvalue weighted by molar-refractivity contribution is 7.11. The van der Waals surface area contributed by atoms with Crippen molar-refractivity contribution in [2.75, 3.05) is 13.7 Å². The summed E-state index contributed by atoms with van der Waals surface area (Å²) in [7, 11) is 1.84. The Kier molecular flexibility index (Phi) is 4.76. The van der Waals surface area contributed by atoms with Crippen LogP contribution >= 0.6 is 11.3 Å². The fourth-order valence-electron chi connectivity index (χ4n) is 2.65. The van der Waals surface area contributed by atoms with E-state index in [0.29, 0.717) is 0 Å². The zero-order chi connectivity index (χ0) is 13.0. The zero-order valence-corrected chi connectivity index (χ0v) is 12.5. The second-order valence-electron chi connectivity index (χ2n) is 5.07. The number of rotatable bonds is 5. The molecule has 0 radical (unpaired) electrons. The highest BCUT2D eigenvalue weighted by atomic mass is 32.1. The fourth-order valence-corrected chi connectivity index (χ4v) is 3.91. The third-order valence-corrected chi connectivity index (χ3v) is 5.21. The van der Waals surface area contributed by atoms with Crippen molar-refractivity contribution < 1.29 is 4.74 Å². The van der Waals surface area contributed by atoms with E-state index in [0.717, 1.165) is 31.6 Å². The summed E-state index contributed by atoms with van der Waals surface area (Å²) in [5.74, 6) is 0. The van der Waals surface area contributed by atoms with E-state index in [9.17, 15) is 0 Å². The minimum atomic E-state index is -0.0991. The molecule has 1 saturated carbocycles. The van der Waals surface area contributed by atoms with E-state index in [4.69, 9.17) is 9.72 Å². The second kappa shape index (κ2) is 6.13. The SMILES string of the molecule is CCNCc1sc(C2(OC)CCCCC2)nc1C. The van der Waals surface area contributed by atoms with Gasteiger partial charge in [-0.25, -0.2) is 4.98 Å². The molecule has 18 heavy (non-hydrogen) atoms. The molecule has 0 amide bonds. The third-order valence-electron chi connectivity index (χ3n) is 3.87. The predicted octanol–water partition coefficient (Wildman–Crippen LogP) is 3.37. The smallest absolute Gasteiger partial charge is 0.125 e. The van der Waals surface area contributed by atoms with Gasteiger partial charge in [0.2, 0.25) is 0 Å². The van der Waals surface area contributed by atoms with Crippen molar-refractivity contribution in [3.63, 3.8) is 0 Å². The zero-order valence-electron chi connectivity index (χ0n) is 11.7. The van der Waals surface area contributed by atoms with Crippen LogP contribution in [0.5, 0.6) is 0 Å². The van der Waals surface area contributed by atoms with Gasteiger partial charge in [0.05, 0.1) is 5.69 Å². The molecule has 0 bridgehead atoms. The van der Waals surface area contributed by atoms with Gasteiger partial charge in [-0.1, -0.05) is 26.2 Å². The van der Waals surface area contributed by atoms with Gasteiger partial charge in [0, 0.05) is 18.5 Å². The van der Waals surface area contributed by atoms with Crippen LogP contribution in [0.2, 0.25) is 0 Å². The molecule has 1 aromatic rings. The predicted molar refractivity (Wildman–Crippen MR) is 76.0 cm³/mol. The van der Waals surface area contributed by atoms with Gasteiger partial charge in [-0.05, 0) is 26.3 Å². The quantitative estimate of drug-likeness (QED) is 0.889. The third kappa shape index (κ3) is 2.76. The van der Waals surface area contributed by atoms with Crippen molar-refractivity contribution in [3.05, 3.63) is 15.6 Å².